The van der Waals surface area contributed by atoms with E-state index in [9.17, 15) is 4.39 Å². The molecule has 0 bridgehead atoms. The molecule has 0 amide bonds. The molecule has 0 spiro atoms. The largest absolute Gasteiger partial charge is 0.416 e. The minimum atomic E-state index is -0.228. The quantitative estimate of drug-likeness (QED) is 0.551. The van der Waals surface area contributed by atoms with Gasteiger partial charge < -0.3 is 4.42 Å². The lowest BCUT2D eigenvalue weighted by molar-refractivity contribution is 0.334. The van der Waals surface area contributed by atoms with Crippen LogP contribution in [-0.2, 0) is 18.6 Å². The van der Waals surface area contributed by atoms with Crippen molar-refractivity contribution in [2.24, 2.45) is 0 Å². The van der Waals surface area contributed by atoms with E-state index in [-0.39, 0.29) is 5.82 Å². The molecule has 0 N–H and O–H groups in total. The Morgan fingerprint density at radius 2 is 1.86 bits per heavy atom. The number of hydrogen-bond donors (Lipinski definition) is 0. The van der Waals surface area contributed by atoms with E-state index in [0.29, 0.717) is 16.9 Å². The number of benzene rings is 1. The highest BCUT2D eigenvalue weighted by molar-refractivity contribution is 7.98. The summed E-state index contributed by atoms with van der Waals surface area (Å²) >= 11 is 1.56. The van der Waals surface area contributed by atoms with Gasteiger partial charge in [-0.2, -0.15) is 5.10 Å². The average molecular weight is 399 g/mol. The Balaban J connectivity index is 1.33. The molecule has 1 aromatic carbocycles. The minimum Gasteiger partial charge on any atom is -0.416 e. The Labute approximate surface area is 167 Å². The van der Waals surface area contributed by atoms with Crippen molar-refractivity contribution in [3.8, 4) is 5.69 Å². The van der Waals surface area contributed by atoms with Gasteiger partial charge in [0.05, 0.1) is 11.4 Å². The molecule has 2 heterocycles. The SMILES string of the molecule is Fc1ccc(-n2nc(CSc3nnc(C4CCCCC4)o3)c3c2CCC3)cc1. The number of nitrogens with zero attached hydrogens (tertiary/aromatic N) is 4. The Morgan fingerprint density at radius 1 is 1.04 bits per heavy atom. The summed E-state index contributed by atoms with van der Waals surface area (Å²) in [6.07, 6.45) is 9.32. The highest BCUT2D eigenvalue weighted by Crippen LogP contribution is 2.35. The van der Waals surface area contributed by atoms with Crippen molar-refractivity contribution in [2.75, 3.05) is 0 Å². The van der Waals surface area contributed by atoms with Gasteiger partial charge in [-0.15, -0.1) is 10.2 Å². The molecule has 146 valence electrons. The van der Waals surface area contributed by atoms with Gasteiger partial charge in [0, 0.05) is 17.4 Å². The second kappa shape index (κ2) is 7.70. The summed E-state index contributed by atoms with van der Waals surface area (Å²) in [5.74, 6) is 1.71. The summed E-state index contributed by atoms with van der Waals surface area (Å²) in [4.78, 5) is 0. The lowest BCUT2D eigenvalue weighted by atomic mass is 9.89. The second-order valence-electron chi connectivity index (χ2n) is 7.64. The van der Waals surface area contributed by atoms with Crippen molar-refractivity contribution < 1.29 is 8.81 Å². The van der Waals surface area contributed by atoms with E-state index in [2.05, 4.69) is 10.2 Å². The predicted octanol–water partition coefficient (Wildman–Crippen LogP) is 5.22. The first-order valence-electron chi connectivity index (χ1n) is 10.1. The third-order valence-electron chi connectivity index (χ3n) is 5.79. The zero-order valence-corrected chi connectivity index (χ0v) is 16.6. The molecular formula is C21H23FN4OS. The van der Waals surface area contributed by atoms with Gasteiger partial charge in [0.2, 0.25) is 5.89 Å². The molecule has 0 radical (unpaired) electrons. The van der Waals surface area contributed by atoms with Gasteiger partial charge in [-0.3, -0.25) is 0 Å². The highest BCUT2D eigenvalue weighted by atomic mass is 32.2. The standard InChI is InChI=1S/C21H23FN4OS/c22-15-9-11-16(12-10-15)26-19-8-4-7-17(19)18(25-26)13-28-21-24-23-20(27-21)14-5-2-1-3-6-14/h9-12,14H,1-8,13H2. The fraction of sp³-hybridized carbons (Fsp3) is 0.476. The maximum Gasteiger partial charge on any atom is 0.276 e. The highest BCUT2D eigenvalue weighted by Gasteiger charge is 2.25. The summed E-state index contributed by atoms with van der Waals surface area (Å²) in [7, 11) is 0. The number of rotatable bonds is 5. The molecule has 7 heteroatoms. The van der Waals surface area contributed by atoms with Gasteiger partial charge in [-0.25, -0.2) is 9.07 Å². The summed E-state index contributed by atoms with van der Waals surface area (Å²) in [6.45, 7) is 0. The van der Waals surface area contributed by atoms with Gasteiger partial charge in [0.15, 0.2) is 0 Å². The van der Waals surface area contributed by atoms with Crippen LogP contribution in [0.1, 0.15) is 67.3 Å². The molecule has 1 fully saturated rings. The Kier molecular flexibility index (Phi) is 4.93. The fourth-order valence-electron chi connectivity index (χ4n) is 4.35. The third-order valence-corrected chi connectivity index (χ3v) is 6.62. The minimum absolute atomic E-state index is 0.228. The molecule has 28 heavy (non-hydrogen) atoms. The van der Waals surface area contributed by atoms with Gasteiger partial charge in [-0.05, 0) is 61.9 Å². The molecule has 0 saturated heterocycles. The third kappa shape index (κ3) is 3.48. The zero-order valence-electron chi connectivity index (χ0n) is 15.7. The Bertz CT molecular complexity index is 959. The monoisotopic (exact) mass is 398 g/mol. The smallest absolute Gasteiger partial charge is 0.276 e. The van der Waals surface area contributed by atoms with Crippen LogP contribution in [0.5, 0.6) is 0 Å². The van der Waals surface area contributed by atoms with E-state index in [1.807, 2.05) is 4.68 Å². The number of halogens is 1. The van der Waals surface area contributed by atoms with Gasteiger partial charge in [-0.1, -0.05) is 31.0 Å². The van der Waals surface area contributed by atoms with Crippen LogP contribution in [-0.4, -0.2) is 20.0 Å². The number of hydrogen-bond acceptors (Lipinski definition) is 5. The summed E-state index contributed by atoms with van der Waals surface area (Å²) in [6, 6.07) is 6.54. The molecule has 2 aliphatic carbocycles. The van der Waals surface area contributed by atoms with Crippen LogP contribution < -0.4 is 0 Å². The van der Waals surface area contributed by atoms with Crippen LogP contribution >= 0.6 is 11.8 Å². The number of fused-ring (bicyclic) bond motifs is 1. The molecule has 0 atom stereocenters. The van der Waals surface area contributed by atoms with E-state index in [1.54, 1.807) is 23.9 Å². The topological polar surface area (TPSA) is 56.7 Å². The van der Waals surface area contributed by atoms with Crippen molar-refractivity contribution in [3.05, 3.63) is 52.9 Å². The zero-order chi connectivity index (χ0) is 18.9. The maximum absolute atomic E-state index is 13.3. The van der Waals surface area contributed by atoms with Gasteiger partial charge >= 0.3 is 0 Å². The van der Waals surface area contributed by atoms with E-state index in [0.717, 1.165) is 49.4 Å². The van der Waals surface area contributed by atoms with E-state index in [4.69, 9.17) is 9.52 Å². The molecule has 5 rings (SSSR count). The molecule has 1 saturated carbocycles. The maximum atomic E-state index is 13.3. The van der Waals surface area contributed by atoms with Gasteiger partial charge in [0.25, 0.3) is 5.22 Å². The van der Waals surface area contributed by atoms with Crippen LogP contribution in [0.4, 0.5) is 4.39 Å². The number of aromatic nitrogens is 4. The van der Waals surface area contributed by atoms with Crippen molar-refractivity contribution in [1.29, 1.82) is 0 Å². The molecule has 3 aromatic rings. The predicted molar refractivity (Wildman–Crippen MR) is 105 cm³/mol. The van der Waals surface area contributed by atoms with Crippen LogP contribution in [0.15, 0.2) is 33.9 Å². The molecule has 5 nitrogen and oxygen atoms in total. The van der Waals surface area contributed by atoms with Crippen molar-refractivity contribution in [1.82, 2.24) is 20.0 Å². The summed E-state index contributed by atoms with van der Waals surface area (Å²) in [5, 5.41) is 14.0. The Morgan fingerprint density at radius 3 is 2.68 bits per heavy atom. The summed E-state index contributed by atoms with van der Waals surface area (Å²) < 4.78 is 21.2. The van der Waals surface area contributed by atoms with E-state index >= 15 is 0 Å². The fourth-order valence-corrected chi connectivity index (χ4v) is 5.08. The van der Waals surface area contributed by atoms with Crippen molar-refractivity contribution >= 4 is 11.8 Å². The normalized spacial score (nSPS) is 17.2. The van der Waals surface area contributed by atoms with Crippen LogP contribution in [0.2, 0.25) is 0 Å². The first kappa shape index (κ1) is 17.9. The summed E-state index contributed by atoms with van der Waals surface area (Å²) in [5.41, 5.74) is 4.55. The first-order valence-corrected chi connectivity index (χ1v) is 11.1. The lowest BCUT2D eigenvalue weighted by Crippen LogP contribution is -2.04. The van der Waals surface area contributed by atoms with E-state index < -0.39 is 0 Å². The van der Waals surface area contributed by atoms with E-state index in [1.165, 1.54) is 42.7 Å². The van der Waals surface area contributed by atoms with Gasteiger partial charge in [0.1, 0.15) is 5.82 Å². The molecule has 2 aliphatic rings. The molecule has 0 unspecified atom stereocenters. The Hall–Kier alpha value is -2.15. The first-order chi connectivity index (χ1) is 13.8. The van der Waals surface area contributed by atoms with Crippen molar-refractivity contribution in [3.63, 3.8) is 0 Å². The molecule has 2 aromatic heterocycles. The molecular weight excluding hydrogens is 375 g/mol. The van der Waals surface area contributed by atoms with Crippen LogP contribution in [0.3, 0.4) is 0 Å². The van der Waals surface area contributed by atoms with Crippen molar-refractivity contribution in [2.45, 2.75) is 68.3 Å². The molecule has 0 aliphatic heterocycles. The average Bonchev–Trinajstić information content (AvgIpc) is 3.45. The van der Waals surface area contributed by atoms with Crippen LogP contribution in [0, 0.1) is 5.82 Å². The lowest BCUT2D eigenvalue weighted by Gasteiger charge is -2.17. The van der Waals surface area contributed by atoms with Crippen LogP contribution in [0.25, 0.3) is 5.69 Å². The second-order valence-corrected chi connectivity index (χ2v) is 8.57. The number of thioether (sulfide) groups is 1.